The zero-order valence-corrected chi connectivity index (χ0v) is 36.5. The lowest BCUT2D eigenvalue weighted by Gasteiger charge is -2.72. The van der Waals surface area contributed by atoms with Crippen LogP contribution in [-0.4, -0.2) is 75.6 Å². The summed E-state index contributed by atoms with van der Waals surface area (Å²) < 4.78 is 6.18. The summed E-state index contributed by atoms with van der Waals surface area (Å²) in [7, 11) is 0. The Morgan fingerprint density at radius 1 is 0.965 bits per heavy atom. The molecule has 0 unspecified atom stereocenters. The minimum absolute atomic E-state index is 0.00977. The highest BCUT2D eigenvalue weighted by Crippen LogP contribution is 2.77. The zero-order chi connectivity index (χ0) is 41.9. The quantitative estimate of drug-likeness (QED) is 0.171. The van der Waals surface area contributed by atoms with Crippen molar-refractivity contribution in [1.29, 1.82) is 0 Å². The number of carbonyl (C=O) groups excluding carboxylic acids is 3. The van der Waals surface area contributed by atoms with Crippen LogP contribution in [-0.2, 0) is 30.5 Å². The number of aromatic nitrogens is 1. The number of aliphatic hydroxyl groups excluding tert-OH is 1. The molecule has 1 heterocycles. The predicted octanol–water partition coefficient (Wildman–Crippen LogP) is 7.77. The summed E-state index contributed by atoms with van der Waals surface area (Å²) in [6, 6.07) is 3.97. The number of nitrogens with zero attached hydrogens (tertiary/aromatic N) is 2. The number of hydrogen-bond acceptors (Lipinski definition) is 8. The highest BCUT2D eigenvalue weighted by Gasteiger charge is 2.71. The molecular formula is C47H71N3O7. The summed E-state index contributed by atoms with van der Waals surface area (Å²) in [6.07, 6.45) is 10.3. The number of aliphatic hydroxyl groups is 1. The van der Waals surface area contributed by atoms with Crippen molar-refractivity contribution in [3.8, 4) is 0 Å². The molecule has 0 bridgehead atoms. The standard InChI is InChI=1S/C47H71N3O7/c1-29(2)39-33(52)25-47(36(53)28-50(24-23-49-30(3)51)27-31-15-21-48-22-16-31)20-19-45(9)32(40(39)47)11-12-35-44(8)17-14-37(57-38(54)26-42(4,5)41(55)56)43(6,7)34(44)13-18-46(35,45)10/h15-16,21-22,29,32,34-37,53H,11-14,17-20,23-28H2,1-10H3,(H,49,51)(H,55,56)/t32-,34-,35-,36+,37+,44+,45-,46-,47+/m1/s1. The predicted molar refractivity (Wildman–Crippen MR) is 220 cm³/mol. The Balaban J connectivity index is 1.28. The number of allylic oxidation sites excluding steroid dienone is 1. The summed E-state index contributed by atoms with van der Waals surface area (Å²) in [4.78, 5) is 57.4. The molecule has 0 aliphatic heterocycles. The molecule has 57 heavy (non-hydrogen) atoms. The minimum Gasteiger partial charge on any atom is -0.481 e. The fourth-order valence-electron chi connectivity index (χ4n) is 13.7. The molecule has 0 aromatic carbocycles. The van der Waals surface area contributed by atoms with Crippen LogP contribution in [0.4, 0.5) is 0 Å². The van der Waals surface area contributed by atoms with Gasteiger partial charge in [-0.2, -0.15) is 0 Å². The summed E-state index contributed by atoms with van der Waals surface area (Å²) in [6.45, 7) is 23.1. The molecule has 4 fully saturated rings. The van der Waals surface area contributed by atoms with Crippen molar-refractivity contribution in [3.05, 3.63) is 41.2 Å². The van der Waals surface area contributed by atoms with Crippen LogP contribution >= 0.6 is 0 Å². The van der Waals surface area contributed by atoms with Crippen molar-refractivity contribution in [2.45, 2.75) is 152 Å². The Morgan fingerprint density at radius 2 is 1.65 bits per heavy atom. The second-order valence-corrected chi connectivity index (χ2v) is 21.1. The highest BCUT2D eigenvalue weighted by atomic mass is 16.5. The van der Waals surface area contributed by atoms with Gasteiger partial charge >= 0.3 is 11.9 Å². The summed E-state index contributed by atoms with van der Waals surface area (Å²) >= 11 is 0. The van der Waals surface area contributed by atoms with Gasteiger partial charge in [0.2, 0.25) is 5.91 Å². The molecule has 1 amide bonds. The first-order chi connectivity index (χ1) is 26.5. The van der Waals surface area contributed by atoms with Crippen LogP contribution in [0.3, 0.4) is 0 Å². The second-order valence-electron chi connectivity index (χ2n) is 21.1. The molecule has 1 aromatic rings. The number of Topliss-reactive ketones (excluding diaryl/α,β-unsaturated/α-hetero) is 1. The van der Waals surface area contributed by atoms with Crippen molar-refractivity contribution < 1.29 is 34.1 Å². The average molecular weight is 790 g/mol. The number of amides is 1. The van der Waals surface area contributed by atoms with Gasteiger partial charge in [-0.15, -0.1) is 0 Å². The molecule has 5 aliphatic rings. The van der Waals surface area contributed by atoms with Crippen molar-refractivity contribution in [2.24, 2.45) is 56.2 Å². The first-order valence-electron chi connectivity index (χ1n) is 21.8. The van der Waals surface area contributed by atoms with Gasteiger partial charge in [0.25, 0.3) is 0 Å². The number of fused-ring (bicyclic) bond motifs is 7. The van der Waals surface area contributed by atoms with E-state index in [1.54, 1.807) is 26.2 Å². The van der Waals surface area contributed by atoms with Gasteiger partial charge in [-0.3, -0.25) is 29.1 Å². The first kappa shape index (κ1) is 43.5. The minimum atomic E-state index is -1.18. The monoisotopic (exact) mass is 790 g/mol. The number of aliphatic carboxylic acids is 1. The largest absolute Gasteiger partial charge is 0.481 e. The number of carboxylic acids is 1. The molecule has 4 saturated carbocycles. The third kappa shape index (κ3) is 7.42. The van der Waals surface area contributed by atoms with E-state index >= 15 is 0 Å². The molecule has 10 heteroatoms. The Kier molecular flexibility index (Phi) is 11.8. The third-order valence-corrected chi connectivity index (χ3v) is 16.9. The molecule has 3 N–H and O–H groups in total. The molecule has 0 radical (unpaired) electrons. The van der Waals surface area contributed by atoms with Gasteiger partial charge in [-0.05, 0) is 128 Å². The van der Waals surface area contributed by atoms with Crippen LogP contribution in [0.15, 0.2) is 35.7 Å². The second kappa shape index (κ2) is 15.5. The fraction of sp³-hybridized carbons (Fsp3) is 0.766. The Bertz CT molecular complexity index is 1760. The van der Waals surface area contributed by atoms with E-state index in [2.05, 4.69) is 63.7 Å². The first-order valence-corrected chi connectivity index (χ1v) is 21.8. The number of pyridine rings is 1. The molecule has 1 aromatic heterocycles. The number of carboxylic acid groups (broad SMARTS) is 1. The lowest BCUT2D eigenvalue weighted by Crippen LogP contribution is -2.66. The molecule has 316 valence electrons. The van der Waals surface area contributed by atoms with Crippen LogP contribution in [0.1, 0.15) is 139 Å². The van der Waals surface area contributed by atoms with E-state index in [9.17, 15) is 29.4 Å². The Morgan fingerprint density at radius 3 is 2.28 bits per heavy atom. The van der Waals surface area contributed by atoms with Gasteiger partial charge in [0.15, 0.2) is 5.78 Å². The van der Waals surface area contributed by atoms with E-state index in [1.165, 1.54) is 12.5 Å². The zero-order valence-electron chi connectivity index (χ0n) is 36.5. The SMILES string of the molecule is CC(=O)NCCN(Cc1ccncc1)C[C@H](O)[C@@]12CC[C@]3(C)[C@H](CC[C@@H]4[C@@]5(C)CC[C@H](OC(=O)CC(C)(C)C(=O)O)C(C)(C)[C@H]5CC[C@]43C)C1=C(C(C)C)C(=O)C2. The summed E-state index contributed by atoms with van der Waals surface area (Å²) in [5, 5.41) is 25.2. The maximum Gasteiger partial charge on any atom is 0.309 e. The third-order valence-electron chi connectivity index (χ3n) is 16.9. The number of ketones is 1. The van der Waals surface area contributed by atoms with Crippen LogP contribution in [0, 0.1) is 56.2 Å². The fourth-order valence-corrected chi connectivity index (χ4v) is 13.7. The van der Waals surface area contributed by atoms with E-state index < -0.39 is 28.9 Å². The van der Waals surface area contributed by atoms with Gasteiger partial charge in [0, 0.05) is 62.7 Å². The van der Waals surface area contributed by atoms with Crippen LogP contribution in [0.2, 0.25) is 0 Å². The van der Waals surface area contributed by atoms with E-state index in [0.29, 0.717) is 44.4 Å². The molecule has 10 nitrogen and oxygen atoms in total. The maximum absolute atomic E-state index is 14.3. The van der Waals surface area contributed by atoms with Crippen molar-refractivity contribution in [3.63, 3.8) is 0 Å². The number of esters is 1. The van der Waals surface area contributed by atoms with Gasteiger partial charge < -0.3 is 20.3 Å². The van der Waals surface area contributed by atoms with Gasteiger partial charge in [-0.1, -0.05) is 54.0 Å². The van der Waals surface area contributed by atoms with E-state index in [1.807, 2.05) is 12.1 Å². The molecule has 6 rings (SSSR count). The van der Waals surface area contributed by atoms with E-state index in [-0.39, 0.29) is 57.7 Å². The van der Waals surface area contributed by atoms with Crippen molar-refractivity contribution >= 4 is 23.6 Å². The number of nitrogens with one attached hydrogen (secondary N) is 1. The van der Waals surface area contributed by atoms with Gasteiger partial charge in [-0.25, -0.2) is 0 Å². The molecule has 9 atom stereocenters. The van der Waals surface area contributed by atoms with Crippen LogP contribution in [0.5, 0.6) is 0 Å². The molecule has 0 saturated heterocycles. The van der Waals surface area contributed by atoms with E-state index in [0.717, 1.165) is 62.5 Å². The normalized spacial score (nSPS) is 35.2. The summed E-state index contributed by atoms with van der Waals surface area (Å²) in [5.41, 5.74) is 1.21. The lowest BCUT2D eigenvalue weighted by atomic mass is 9.33. The number of rotatable bonds is 13. The van der Waals surface area contributed by atoms with Crippen LogP contribution < -0.4 is 5.32 Å². The van der Waals surface area contributed by atoms with Gasteiger partial charge in [0.1, 0.15) is 6.10 Å². The topological polar surface area (TPSA) is 146 Å². The average Bonchev–Trinajstić information content (AvgIpc) is 3.43. The Hall–Kier alpha value is -3.11. The van der Waals surface area contributed by atoms with E-state index in [4.69, 9.17) is 4.74 Å². The maximum atomic E-state index is 14.3. The van der Waals surface area contributed by atoms with Crippen molar-refractivity contribution in [2.75, 3.05) is 19.6 Å². The number of carbonyl (C=O) groups is 4. The Labute approximate surface area is 341 Å². The lowest BCUT2D eigenvalue weighted by molar-refractivity contribution is -0.235. The number of ether oxygens (including phenoxy) is 1. The number of hydrogen-bond donors (Lipinski definition) is 3. The molecule has 5 aliphatic carbocycles. The highest BCUT2D eigenvalue weighted by molar-refractivity contribution is 6.00. The van der Waals surface area contributed by atoms with Crippen molar-refractivity contribution in [1.82, 2.24) is 15.2 Å². The molecular weight excluding hydrogens is 719 g/mol. The van der Waals surface area contributed by atoms with Crippen LogP contribution in [0.25, 0.3) is 0 Å². The smallest absolute Gasteiger partial charge is 0.309 e. The molecule has 0 spiro atoms. The van der Waals surface area contributed by atoms with Gasteiger partial charge in [0.05, 0.1) is 17.9 Å². The summed E-state index contributed by atoms with van der Waals surface area (Å²) in [5.74, 6) is -0.256.